The van der Waals surface area contributed by atoms with Crippen LogP contribution in [0.3, 0.4) is 0 Å². The zero-order valence-corrected chi connectivity index (χ0v) is 14.4. The first-order chi connectivity index (χ1) is 11.3. The third-order valence-corrected chi connectivity index (χ3v) is 3.55. The molecule has 5 heteroatoms. The lowest BCUT2D eigenvalue weighted by Gasteiger charge is -2.26. The first-order valence-electron chi connectivity index (χ1n) is 7.84. The second kappa shape index (κ2) is 7.33. The van der Waals surface area contributed by atoms with E-state index in [9.17, 15) is 9.90 Å². The molecule has 0 aliphatic rings. The molecule has 2 aromatic rings. The summed E-state index contributed by atoms with van der Waals surface area (Å²) in [6.45, 7) is 5.19. The van der Waals surface area contributed by atoms with Crippen LogP contribution in [-0.2, 0) is 0 Å². The van der Waals surface area contributed by atoms with Crippen molar-refractivity contribution < 1.29 is 14.3 Å². The lowest BCUT2D eigenvalue weighted by atomic mass is 10.1. The number of pyridine rings is 1. The highest BCUT2D eigenvalue weighted by molar-refractivity contribution is 5.91. The molecule has 2 aromatic heterocycles. The summed E-state index contributed by atoms with van der Waals surface area (Å²) in [7, 11) is 1.74. The highest BCUT2D eigenvalue weighted by Crippen LogP contribution is 2.24. The summed E-state index contributed by atoms with van der Waals surface area (Å²) in [4.78, 5) is 18.4. The first-order valence-corrected chi connectivity index (χ1v) is 7.84. The van der Waals surface area contributed by atoms with Crippen molar-refractivity contribution in [3.05, 3.63) is 53.7 Å². The predicted molar refractivity (Wildman–Crippen MR) is 91.2 cm³/mol. The Balaban J connectivity index is 2.18. The average Bonchev–Trinajstić information content (AvgIpc) is 3.02. The highest BCUT2D eigenvalue weighted by atomic mass is 16.4. The van der Waals surface area contributed by atoms with Gasteiger partial charge in [0, 0.05) is 19.4 Å². The SMILES string of the molecule is CCC(c1cccnc1)N(C)C(=O)c1ccc(C#CC(C)(C)O)o1. The van der Waals surface area contributed by atoms with E-state index in [-0.39, 0.29) is 17.7 Å². The van der Waals surface area contributed by atoms with Crippen LogP contribution in [0.4, 0.5) is 0 Å². The molecule has 1 unspecified atom stereocenters. The molecule has 0 saturated carbocycles. The van der Waals surface area contributed by atoms with E-state index in [1.54, 1.807) is 50.3 Å². The Morgan fingerprint density at radius 1 is 1.42 bits per heavy atom. The summed E-state index contributed by atoms with van der Waals surface area (Å²) in [5.41, 5.74) is -0.133. The Labute approximate surface area is 142 Å². The molecule has 126 valence electrons. The molecule has 0 aromatic carbocycles. The maximum absolute atomic E-state index is 12.6. The topological polar surface area (TPSA) is 66.6 Å². The lowest BCUT2D eigenvalue weighted by Crippen LogP contribution is -2.30. The van der Waals surface area contributed by atoms with Gasteiger partial charge >= 0.3 is 0 Å². The molecule has 2 rings (SSSR count). The molecular formula is C19H22N2O3. The summed E-state index contributed by atoms with van der Waals surface area (Å²) in [6, 6.07) is 6.96. The van der Waals surface area contributed by atoms with Gasteiger partial charge in [0.1, 0.15) is 5.60 Å². The Morgan fingerprint density at radius 2 is 2.17 bits per heavy atom. The van der Waals surface area contributed by atoms with E-state index in [0.29, 0.717) is 5.76 Å². The van der Waals surface area contributed by atoms with E-state index in [0.717, 1.165) is 12.0 Å². The van der Waals surface area contributed by atoms with E-state index in [1.165, 1.54) is 0 Å². The maximum atomic E-state index is 12.6. The number of nitrogens with zero attached hydrogens (tertiary/aromatic N) is 2. The molecule has 0 bridgehead atoms. The molecule has 5 nitrogen and oxygen atoms in total. The van der Waals surface area contributed by atoms with Crippen molar-refractivity contribution in [2.75, 3.05) is 7.05 Å². The minimum Gasteiger partial charge on any atom is -0.443 e. The van der Waals surface area contributed by atoms with Crippen LogP contribution >= 0.6 is 0 Å². The van der Waals surface area contributed by atoms with Crippen LogP contribution in [0.1, 0.15) is 55.1 Å². The Kier molecular flexibility index (Phi) is 5.42. The van der Waals surface area contributed by atoms with Crippen molar-refractivity contribution in [1.82, 2.24) is 9.88 Å². The summed E-state index contributed by atoms with van der Waals surface area (Å²) in [6.07, 6.45) is 4.23. The monoisotopic (exact) mass is 326 g/mol. The normalized spacial score (nSPS) is 12.2. The number of carbonyl (C=O) groups is 1. The minimum atomic E-state index is -1.11. The van der Waals surface area contributed by atoms with E-state index in [1.807, 2.05) is 19.1 Å². The standard InChI is InChI=1S/C19H22N2O3/c1-5-16(14-7-6-12-20-13-14)21(4)18(22)17-9-8-15(24-17)10-11-19(2,3)23/h6-9,12-13,16,23H,5H2,1-4H3. The Hall–Kier alpha value is -2.58. The van der Waals surface area contributed by atoms with E-state index in [4.69, 9.17) is 4.42 Å². The van der Waals surface area contributed by atoms with Crippen molar-refractivity contribution in [3.63, 3.8) is 0 Å². The fraction of sp³-hybridized carbons (Fsp3) is 0.368. The molecule has 0 aliphatic heterocycles. The molecule has 24 heavy (non-hydrogen) atoms. The van der Waals surface area contributed by atoms with Gasteiger partial charge in [-0.05, 0) is 50.0 Å². The summed E-state index contributed by atoms with van der Waals surface area (Å²) >= 11 is 0. The molecular weight excluding hydrogens is 304 g/mol. The van der Waals surface area contributed by atoms with Crippen LogP contribution in [0.25, 0.3) is 0 Å². The summed E-state index contributed by atoms with van der Waals surface area (Å²) in [5.74, 6) is 5.74. The minimum absolute atomic E-state index is 0.0813. The molecule has 1 atom stereocenters. The van der Waals surface area contributed by atoms with Gasteiger partial charge in [0.25, 0.3) is 5.91 Å². The molecule has 1 amide bonds. The zero-order valence-electron chi connectivity index (χ0n) is 14.4. The van der Waals surface area contributed by atoms with Gasteiger partial charge in [-0.1, -0.05) is 18.9 Å². The van der Waals surface area contributed by atoms with Gasteiger partial charge < -0.3 is 14.4 Å². The third-order valence-electron chi connectivity index (χ3n) is 3.55. The van der Waals surface area contributed by atoms with Crippen molar-refractivity contribution in [3.8, 4) is 11.8 Å². The van der Waals surface area contributed by atoms with Gasteiger partial charge in [-0.2, -0.15) is 0 Å². The van der Waals surface area contributed by atoms with Crippen LogP contribution in [0.2, 0.25) is 0 Å². The lowest BCUT2D eigenvalue weighted by molar-refractivity contribution is 0.0693. The maximum Gasteiger partial charge on any atom is 0.289 e. The predicted octanol–water partition coefficient (Wildman–Crippen LogP) is 3.02. The van der Waals surface area contributed by atoms with Crippen LogP contribution < -0.4 is 0 Å². The molecule has 0 aliphatic carbocycles. The molecule has 0 spiro atoms. The zero-order chi connectivity index (χ0) is 17.7. The van der Waals surface area contributed by atoms with Gasteiger partial charge in [0.2, 0.25) is 0 Å². The van der Waals surface area contributed by atoms with Crippen molar-refractivity contribution in [2.24, 2.45) is 0 Å². The van der Waals surface area contributed by atoms with Gasteiger partial charge in [0.05, 0.1) is 6.04 Å². The quantitative estimate of drug-likeness (QED) is 0.877. The van der Waals surface area contributed by atoms with Crippen LogP contribution in [0.5, 0.6) is 0 Å². The van der Waals surface area contributed by atoms with Crippen molar-refractivity contribution in [2.45, 2.75) is 38.8 Å². The number of rotatable bonds is 4. The van der Waals surface area contributed by atoms with Crippen LogP contribution in [0.15, 0.2) is 41.1 Å². The van der Waals surface area contributed by atoms with E-state index in [2.05, 4.69) is 16.8 Å². The molecule has 1 N–H and O–H groups in total. The van der Waals surface area contributed by atoms with Gasteiger partial charge in [-0.25, -0.2) is 0 Å². The second-order valence-electron chi connectivity index (χ2n) is 6.10. The number of hydrogen-bond acceptors (Lipinski definition) is 4. The van der Waals surface area contributed by atoms with E-state index >= 15 is 0 Å². The fourth-order valence-corrected chi connectivity index (χ4v) is 2.36. The Morgan fingerprint density at radius 3 is 2.75 bits per heavy atom. The fourth-order valence-electron chi connectivity index (χ4n) is 2.36. The third kappa shape index (κ3) is 4.46. The second-order valence-corrected chi connectivity index (χ2v) is 6.10. The van der Waals surface area contributed by atoms with Crippen LogP contribution in [0, 0.1) is 11.8 Å². The number of carbonyl (C=O) groups excluding carboxylic acids is 1. The molecule has 0 fully saturated rings. The van der Waals surface area contributed by atoms with Crippen molar-refractivity contribution >= 4 is 5.91 Å². The largest absolute Gasteiger partial charge is 0.443 e. The van der Waals surface area contributed by atoms with Gasteiger partial charge in [-0.15, -0.1) is 0 Å². The number of aromatic nitrogens is 1. The molecule has 2 heterocycles. The van der Waals surface area contributed by atoms with E-state index < -0.39 is 5.60 Å². The number of hydrogen-bond donors (Lipinski definition) is 1. The number of amides is 1. The van der Waals surface area contributed by atoms with Gasteiger partial charge in [0.15, 0.2) is 11.5 Å². The Bertz CT molecular complexity index is 748. The average molecular weight is 326 g/mol. The summed E-state index contributed by atoms with van der Waals surface area (Å²) < 4.78 is 5.50. The number of aliphatic hydroxyl groups is 1. The summed E-state index contributed by atoms with van der Waals surface area (Å²) in [5, 5.41) is 9.62. The number of furan rings is 1. The van der Waals surface area contributed by atoms with Crippen LogP contribution in [-0.4, -0.2) is 33.5 Å². The van der Waals surface area contributed by atoms with Crippen molar-refractivity contribution in [1.29, 1.82) is 0 Å². The smallest absolute Gasteiger partial charge is 0.289 e. The molecule has 0 saturated heterocycles. The molecule has 0 radical (unpaired) electrons. The van der Waals surface area contributed by atoms with Gasteiger partial charge in [-0.3, -0.25) is 9.78 Å². The highest BCUT2D eigenvalue weighted by Gasteiger charge is 2.23. The first kappa shape index (κ1) is 17.8.